The molecular weight excluding hydrogens is 614 g/mol. The second-order valence-corrected chi connectivity index (χ2v) is 11.4. The van der Waals surface area contributed by atoms with Crippen molar-refractivity contribution in [2.75, 3.05) is 13.7 Å². The van der Waals surface area contributed by atoms with E-state index < -0.39 is 46.8 Å². The molecule has 3 aliphatic rings. The summed E-state index contributed by atoms with van der Waals surface area (Å²) in [5, 5.41) is 12.9. The summed E-state index contributed by atoms with van der Waals surface area (Å²) < 4.78 is 5.12. The number of nitrogens with zero attached hydrogens (tertiary/aromatic N) is 3. The van der Waals surface area contributed by atoms with Gasteiger partial charge in [0.1, 0.15) is 12.3 Å². The molecule has 0 unspecified atom stereocenters. The van der Waals surface area contributed by atoms with Crippen LogP contribution in [-0.2, 0) is 9.59 Å². The van der Waals surface area contributed by atoms with Gasteiger partial charge in [0.05, 0.1) is 23.9 Å². The number of hydrogen-bond donors (Lipinski definition) is 0. The second kappa shape index (κ2) is 9.64. The van der Waals surface area contributed by atoms with E-state index in [0.29, 0.717) is 12.2 Å². The quantitative estimate of drug-likeness (QED) is 0.150. The van der Waals surface area contributed by atoms with Gasteiger partial charge in [-0.05, 0) is 48.6 Å². The zero-order valence-corrected chi connectivity index (χ0v) is 22.6. The Morgan fingerprint density at radius 2 is 1.62 bits per heavy atom. The summed E-state index contributed by atoms with van der Waals surface area (Å²) in [7, 11) is 1.49. The van der Waals surface area contributed by atoms with E-state index in [1.54, 1.807) is 12.1 Å². The fourth-order valence-corrected chi connectivity index (χ4v) is 7.58. The molecule has 2 aromatic rings. The first kappa shape index (κ1) is 25.5. The number of nitro groups is 1. The maximum atomic E-state index is 13.7. The highest BCUT2D eigenvalue weighted by Crippen LogP contribution is 2.60. The summed E-state index contributed by atoms with van der Waals surface area (Å²) in [5.74, 6) is -3.30. The van der Waals surface area contributed by atoms with Gasteiger partial charge in [-0.1, -0.05) is 37.9 Å². The average Bonchev–Trinajstić information content (AvgIpc) is 3.51. The number of fused-ring (bicyclic) bond motifs is 5. The van der Waals surface area contributed by atoms with Crippen LogP contribution in [0.4, 0.5) is 5.69 Å². The van der Waals surface area contributed by atoms with Crippen LogP contribution in [0.15, 0.2) is 48.5 Å². The average molecular weight is 635 g/mol. The van der Waals surface area contributed by atoms with Crippen molar-refractivity contribution in [3.05, 3.63) is 69.8 Å². The standard InChI is InChI=1S/C25H21Br2N3O7/c1-37-15-7-5-12(6-8-15)18(31)11-28(23(32)13-3-2-4-14(9-13)30(35)36)29-24(33)19-16-10-17(20(19)25(29)34)22(27)21(16)26/h2-9,16-17,19-22H,10-11H2,1H3/t16-,17-,19-,20+,21+,22+/m1/s1. The number of benzene rings is 2. The van der Waals surface area contributed by atoms with Crippen molar-refractivity contribution in [2.24, 2.45) is 23.7 Å². The van der Waals surface area contributed by atoms with Gasteiger partial charge in [-0.25, -0.2) is 5.01 Å². The molecule has 12 heteroatoms. The van der Waals surface area contributed by atoms with E-state index in [1.807, 2.05) is 0 Å². The smallest absolute Gasteiger partial charge is 0.273 e. The van der Waals surface area contributed by atoms with E-state index >= 15 is 0 Å². The first-order valence-electron chi connectivity index (χ1n) is 11.5. The molecule has 10 nitrogen and oxygen atoms in total. The van der Waals surface area contributed by atoms with Crippen LogP contribution in [0.25, 0.3) is 0 Å². The lowest BCUT2D eigenvalue weighted by Gasteiger charge is -2.30. The first-order chi connectivity index (χ1) is 17.6. The predicted molar refractivity (Wildman–Crippen MR) is 137 cm³/mol. The number of non-ortho nitro benzene ring substituents is 1. The van der Waals surface area contributed by atoms with Crippen LogP contribution in [0.3, 0.4) is 0 Å². The molecule has 0 radical (unpaired) electrons. The van der Waals surface area contributed by atoms with E-state index in [0.717, 1.165) is 16.1 Å². The Bertz CT molecular complexity index is 1290. The Morgan fingerprint density at radius 3 is 2.16 bits per heavy atom. The molecule has 2 aromatic carbocycles. The van der Waals surface area contributed by atoms with Crippen molar-refractivity contribution in [3.63, 3.8) is 0 Å². The highest BCUT2D eigenvalue weighted by molar-refractivity contribution is 9.12. The maximum absolute atomic E-state index is 13.7. The van der Waals surface area contributed by atoms with Crippen molar-refractivity contribution in [1.82, 2.24) is 10.0 Å². The number of halogens is 2. The van der Waals surface area contributed by atoms with Crippen LogP contribution in [0.2, 0.25) is 0 Å². The van der Waals surface area contributed by atoms with Gasteiger partial charge < -0.3 is 4.74 Å². The van der Waals surface area contributed by atoms with Crippen LogP contribution >= 0.6 is 31.9 Å². The van der Waals surface area contributed by atoms with Gasteiger partial charge in [-0.15, -0.1) is 0 Å². The van der Waals surface area contributed by atoms with Gasteiger partial charge in [0.25, 0.3) is 23.4 Å². The molecule has 2 aliphatic carbocycles. The van der Waals surface area contributed by atoms with Gasteiger partial charge in [0.2, 0.25) is 0 Å². The number of nitro benzene ring substituents is 1. The van der Waals surface area contributed by atoms with Gasteiger partial charge >= 0.3 is 0 Å². The Balaban J connectivity index is 1.51. The number of alkyl halides is 2. The number of methoxy groups -OCH3 is 1. The van der Waals surface area contributed by atoms with Crippen LogP contribution in [-0.4, -0.2) is 61.8 Å². The number of amides is 3. The van der Waals surface area contributed by atoms with Crippen molar-refractivity contribution in [1.29, 1.82) is 0 Å². The number of rotatable bonds is 7. The van der Waals surface area contributed by atoms with Gasteiger partial charge in [-0.3, -0.25) is 29.3 Å². The van der Waals surface area contributed by atoms with Crippen LogP contribution in [0.5, 0.6) is 5.75 Å². The van der Waals surface area contributed by atoms with E-state index in [4.69, 9.17) is 4.74 Å². The normalized spacial score (nSPS) is 27.8. The molecule has 6 atom stereocenters. The molecule has 0 aromatic heterocycles. The van der Waals surface area contributed by atoms with E-state index in [-0.39, 0.29) is 38.3 Å². The number of hydrogen-bond acceptors (Lipinski definition) is 7. The lowest BCUT2D eigenvalue weighted by molar-refractivity contribution is -0.384. The first-order valence-corrected chi connectivity index (χ1v) is 13.4. The lowest BCUT2D eigenvalue weighted by atomic mass is 9.81. The van der Waals surface area contributed by atoms with Crippen LogP contribution < -0.4 is 4.74 Å². The minimum absolute atomic E-state index is 0.00249. The molecule has 5 rings (SSSR count). The minimum Gasteiger partial charge on any atom is -0.497 e. The summed E-state index contributed by atoms with van der Waals surface area (Å²) >= 11 is 7.27. The molecule has 1 saturated heterocycles. The van der Waals surface area contributed by atoms with Crippen molar-refractivity contribution >= 4 is 61.1 Å². The number of ketones is 1. The molecule has 37 heavy (non-hydrogen) atoms. The summed E-state index contributed by atoms with van der Waals surface area (Å²) in [4.78, 5) is 64.8. The monoisotopic (exact) mass is 633 g/mol. The van der Waals surface area contributed by atoms with Gasteiger partial charge in [-0.2, -0.15) is 5.01 Å². The Hall–Kier alpha value is -3.12. The Labute approximate surface area is 228 Å². The highest BCUT2D eigenvalue weighted by atomic mass is 79.9. The van der Waals surface area contributed by atoms with Crippen LogP contribution in [0, 0.1) is 33.8 Å². The maximum Gasteiger partial charge on any atom is 0.273 e. The van der Waals surface area contributed by atoms with E-state index in [9.17, 15) is 29.3 Å². The number of carbonyl (C=O) groups is 4. The zero-order valence-electron chi connectivity index (χ0n) is 19.5. The van der Waals surface area contributed by atoms with E-state index in [2.05, 4.69) is 31.9 Å². The number of imide groups is 1. The highest BCUT2D eigenvalue weighted by Gasteiger charge is 2.67. The molecule has 192 valence electrons. The fourth-order valence-electron chi connectivity index (χ4n) is 5.71. The van der Waals surface area contributed by atoms with Gasteiger partial charge in [0, 0.05) is 32.9 Å². The summed E-state index contributed by atoms with van der Waals surface area (Å²) in [6, 6.07) is 11.2. The predicted octanol–water partition coefficient (Wildman–Crippen LogP) is 3.62. The number of ether oxygens (including phenoxy) is 1. The molecular formula is C25H21Br2N3O7. The third kappa shape index (κ3) is 4.15. The number of hydrazine groups is 1. The SMILES string of the molecule is COc1ccc(C(=O)CN(C(=O)c2cccc([N+](=O)[O-])c2)N2C(=O)[C@@H]3[C@H]4C[C@@H]([C@H](Br)[C@H]4Br)[C@@H]3C2=O)cc1. The molecule has 2 saturated carbocycles. The van der Waals surface area contributed by atoms with Crippen molar-refractivity contribution in [2.45, 2.75) is 16.1 Å². The number of carbonyl (C=O) groups excluding carboxylic acids is 4. The summed E-state index contributed by atoms with van der Waals surface area (Å²) in [6.45, 7) is -0.602. The third-order valence-corrected chi connectivity index (χ3v) is 10.7. The molecule has 3 amide bonds. The molecule has 2 bridgehead atoms. The zero-order chi connectivity index (χ0) is 26.6. The molecule has 3 fully saturated rings. The van der Waals surface area contributed by atoms with Crippen molar-refractivity contribution < 1.29 is 28.8 Å². The minimum atomic E-state index is -0.856. The summed E-state index contributed by atoms with van der Waals surface area (Å²) in [5.41, 5.74) is -0.197. The molecule has 0 spiro atoms. The summed E-state index contributed by atoms with van der Waals surface area (Å²) in [6.07, 6.45) is 0.704. The largest absolute Gasteiger partial charge is 0.497 e. The van der Waals surface area contributed by atoms with Crippen molar-refractivity contribution in [3.8, 4) is 5.75 Å². The Morgan fingerprint density at radius 1 is 1.03 bits per heavy atom. The second-order valence-electron chi connectivity index (χ2n) is 9.31. The number of Topliss-reactive ketones (excluding diaryl/α,β-unsaturated/α-hetero) is 1. The molecule has 0 N–H and O–H groups in total. The third-order valence-electron chi connectivity index (χ3n) is 7.45. The topological polar surface area (TPSA) is 127 Å². The molecule has 1 aliphatic heterocycles. The van der Waals surface area contributed by atoms with E-state index in [1.165, 1.54) is 37.4 Å². The molecule has 1 heterocycles. The lowest BCUT2D eigenvalue weighted by Crippen LogP contribution is -2.52. The fraction of sp³-hybridized carbons (Fsp3) is 0.360. The van der Waals surface area contributed by atoms with Gasteiger partial charge in [0.15, 0.2) is 5.78 Å². The Kier molecular flexibility index (Phi) is 6.65. The van der Waals surface area contributed by atoms with Crippen LogP contribution in [0.1, 0.15) is 27.1 Å².